The van der Waals surface area contributed by atoms with Gasteiger partial charge in [0.2, 0.25) is 0 Å². The van der Waals surface area contributed by atoms with Gasteiger partial charge in [-0.15, -0.1) is 0 Å². The maximum Gasteiger partial charge on any atom is 0.335 e. The van der Waals surface area contributed by atoms with Crippen LogP contribution in [0.2, 0.25) is 0 Å². The van der Waals surface area contributed by atoms with Gasteiger partial charge in [0.15, 0.2) is 12.2 Å². The molecule has 0 saturated carbocycles. The molecule has 3 aromatic rings. The van der Waals surface area contributed by atoms with Crippen molar-refractivity contribution in [2.75, 3.05) is 26.4 Å². The molecule has 0 N–H and O–H groups in total. The van der Waals surface area contributed by atoms with E-state index in [1.165, 1.54) is 0 Å². The van der Waals surface area contributed by atoms with Gasteiger partial charge in [0.25, 0.3) is 0 Å². The Morgan fingerprint density at radius 2 is 0.833 bits per heavy atom. The van der Waals surface area contributed by atoms with E-state index >= 15 is 0 Å². The lowest BCUT2D eigenvalue weighted by Crippen LogP contribution is -2.28. The lowest BCUT2D eigenvalue weighted by Gasteiger charge is -2.16. The fourth-order valence-corrected chi connectivity index (χ4v) is 4.23. The number of hydrogen-bond donors (Lipinski definition) is 0. The second-order valence-corrected chi connectivity index (χ2v) is 9.48. The fourth-order valence-electron chi connectivity index (χ4n) is 4.23. The zero-order valence-corrected chi connectivity index (χ0v) is 25.0. The first-order chi connectivity index (χ1) is 20.4. The third kappa shape index (κ3) is 10.8. The molecule has 3 aromatic carbocycles. The zero-order valence-electron chi connectivity index (χ0n) is 25.0. The van der Waals surface area contributed by atoms with Gasteiger partial charge in [-0.2, -0.15) is 0 Å². The summed E-state index contributed by atoms with van der Waals surface area (Å²) in [6.07, 6.45) is -0.325. The Bertz CT molecular complexity index is 1110. The molecule has 8 nitrogen and oxygen atoms in total. The van der Waals surface area contributed by atoms with Gasteiger partial charge < -0.3 is 28.4 Å². The lowest BCUT2D eigenvalue weighted by molar-refractivity contribution is -0.157. The Morgan fingerprint density at radius 1 is 0.500 bits per heavy atom. The van der Waals surface area contributed by atoms with E-state index in [0.29, 0.717) is 52.5 Å². The monoisotopic (exact) mass is 578 g/mol. The van der Waals surface area contributed by atoms with Gasteiger partial charge in [0.05, 0.1) is 13.2 Å². The van der Waals surface area contributed by atoms with Crippen LogP contribution in [0.1, 0.15) is 49.9 Å². The number of benzene rings is 3. The SMILES string of the molecule is CCOC(=O)C(Cc1ccc(OCc2ccc(COc3ccc(CC(OCC)C(=O)OCC)cc3)cc2)cc1)OCC. The van der Waals surface area contributed by atoms with E-state index in [0.717, 1.165) is 33.8 Å². The zero-order chi connectivity index (χ0) is 30.2. The van der Waals surface area contributed by atoms with Crippen molar-refractivity contribution in [2.24, 2.45) is 0 Å². The minimum Gasteiger partial charge on any atom is -0.489 e. The molecule has 0 radical (unpaired) electrons. The maximum absolute atomic E-state index is 12.1. The van der Waals surface area contributed by atoms with Gasteiger partial charge in [0, 0.05) is 26.1 Å². The third-order valence-corrected chi connectivity index (χ3v) is 6.36. The number of esters is 2. The highest BCUT2D eigenvalue weighted by molar-refractivity contribution is 5.75. The molecule has 2 atom stereocenters. The molecule has 226 valence electrons. The average Bonchev–Trinajstić information content (AvgIpc) is 3.00. The Morgan fingerprint density at radius 3 is 1.14 bits per heavy atom. The molecule has 0 aliphatic rings. The van der Waals surface area contributed by atoms with Crippen molar-refractivity contribution in [2.45, 2.75) is 66.0 Å². The van der Waals surface area contributed by atoms with Crippen LogP contribution in [0.3, 0.4) is 0 Å². The molecule has 0 aromatic heterocycles. The van der Waals surface area contributed by atoms with E-state index in [4.69, 9.17) is 28.4 Å². The molecule has 3 rings (SSSR count). The summed E-state index contributed by atoms with van der Waals surface area (Å²) in [5.41, 5.74) is 4.02. The molecule has 2 unspecified atom stereocenters. The van der Waals surface area contributed by atoms with E-state index in [-0.39, 0.29) is 11.9 Å². The van der Waals surface area contributed by atoms with Crippen LogP contribution < -0.4 is 9.47 Å². The van der Waals surface area contributed by atoms with Gasteiger partial charge in [-0.25, -0.2) is 9.59 Å². The van der Waals surface area contributed by atoms with Gasteiger partial charge in [0.1, 0.15) is 24.7 Å². The second-order valence-electron chi connectivity index (χ2n) is 9.48. The summed E-state index contributed by atoms with van der Waals surface area (Å²) in [7, 11) is 0. The summed E-state index contributed by atoms with van der Waals surface area (Å²) in [6, 6.07) is 23.4. The average molecular weight is 579 g/mol. The molecule has 42 heavy (non-hydrogen) atoms. The Kier molecular flexibility index (Phi) is 13.9. The smallest absolute Gasteiger partial charge is 0.335 e. The molecule has 0 spiro atoms. The lowest BCUT2D eigenvalue weighted by atomic mass is 10.1. The predicted octanol–water partition coefficient (Wildman–Crippen LogP) is 5.87. The molecular formula is C34H42O8. The Labute approximate surface area is 248 Å². The number of ether oxygens (including phenoxy) is 6. The summed E-state index contributed by atoms with van der Waals surface area (Å²) in [5, 5.41) is 0. The largest absolute Gasteiger partial charge is 0.489 e. The summed E-state index contributed by atoms with van der Waals surface area (Å²) < 4.78 is 33.2. The van der Waals surface area contributed by atoms with Crippen molar-refractivity contribution in [1.29, 1.82) is 0 Å². The van der Waals surface area contributed by atoms with Crippen LogP contribution in [0.15, 0.2) is 72.8 Å². The number of rotatable bonds is 18. The van der Waals surface area contributed by atoms with Gasteiger partial charge in [-0.05, 0) is 74.2 Å². The number of carbonyl (C=O) groups is 2. The molecule has 0 saturated heterocycles. The minimum absolute atomic E-state index is 0.327. The summed E-state index contributed by atoms with van der Waals surface area (Å²) in [4.78, 5) is 24.2. The van der Waals surface area contributed by atoms with Gasteiger partial charge >= 0.3 is 11.9 Å². The first-order valence-electron chi connectivity index (χ1n) is 14.5. The minimum atomic E-state index is -0.611. The molecule has 0 fully saturated rings. The summed E-state index contributed by atoms with van der Waals surface area (Å²) in [5.74, 6) is 0.803. The fraction of sp³-hybridized carbons (Fsp3) is 0.412. The van der Waals surface area contributed by atoms with Gasteiger partial charge in [-0.1, -0.05) is 48.5 Å². The number of carbonyl (C=O) groups excluding carboxylic acids is 2. The highest BCUT2D eigenvalue weighted by Crippen LogP contribution is 2.19. The molecule has 0 aliphatic heterocycles. The molecule has 0 heterocycles. The van der Waals surface area contributed by atoms with E-state index in [9.17, 15) is 9.59 Å². The molecule has 0 bridgehead atoms. The second kappa shape index (κ2) is 17.8. The van der Waals surface area contributed by atoms with Crippen molar-refractivity contribution in [1.82, 2.24) is 0 Å². The highest BCUT2D eigenvalue weighted by Gasteiger charge is 2.21. The highest BCUT2D eigenvalue weighted by atomic mass is 16.6. The molecule has 8 heteroatoms. The summed E-state index contributed by atoms with van der Waals surface area (Å²) >= 11 is 0. The standard InChI is InChI=1S/C34H42O8/c1-5-37-31(33(35)39-7-3)21-25-13-17-29(18-14-25)41-23-27-9-11-28(12-10-27)24-42-30-19-15-26(16-20-30)22-32(38-6-2)34(36)40-8-4/h9-20,31-32H,5-8,21-24H2,1-4H3. The van der Waals surface area contributed by atoms with Crippen molar-refractivity contribution in [3.63, 3.8) is 0 Å². The van der Waals surface area contributed by atoms with Crippen molar-refractivity contribution < 1.29 is 38.0 Å². The Balaban J connectivity index is 1.45. The van der Waals surface area contributed by atoms with E-state index in [2.05, 4.69) is 0 Å². The van der Waals surface area contributed by atoms with Crippen LogP contribution >= 0.6 is 0 Å². The van der Waals surface area contributed by atoms with Crippen LogP contribution in [0, 0.1) is 0 Å². The van der Waals surface area contributed by atoms with Crippen LogP contribution in [-0.2, 0) is 54.6 Å². The van der Waals surface area contributed by atoms with Crippen LogP contribution in [0.5, 0.6) is 11.5 Å². The molecule has 0 aliphatic carbocycles. The van der Waals surface area contributed by atoms with Crippen LogP contribution in [-0.4, -0.2) is 50.6 Å². The first-order valence-corrected chi connectivity index (χ1v) is 14.5. The topological polar surface area (TPSA) is 89.5 Å². The Hall–Kier alpha value is -3.88. The van der Waals surface area contributed by atoms with Crippen LogP contribution in [0.4, 0.5) is 0 Å². The maximum atomic E-state index is 12.1. The van der Waals surface area contributed by atoms with Crippen molar-refractivity contribution in [3.05, 3.63) is 95.1 Å². The van der Waals surface area contributed by atoms with Crippen LogP contribution in [0.25, 0.3) is 0 Å². The predicted molar refractivity (Wildman–Crippen MR) is 159 cm³/mol. The normalized spacial score (nSPS) is 12.3. The van der Waals surface area contributed by atoms with Crippen molar-refractivity contribution in [3.8, 4) is 11.5 Å². The van der Waals surface area contributed by atoms with E-state index < -0.39 is 12.2 Å². The van der Waals surface area contributed by atoms with Crippen molar-refractivity contribution >= 4 is 11.9 Å². The van der Waals surface area contributed by atoms with E-state index in [1.54, 1.807) is 13.8 Å². The first kappa shape index (κ1) is 32.6. The van der Waals surface area contributed by atoms with Gasteiger partial charge in [-0.3, -0.25) is 0 Å². The molecular weight excluding hydrogens is 536 g/mol. The third-order valence-electron chi connectivity index (χ3n) is 6.36. The number of hydrogen-bond acceptors (Lipinski definition) is 8. The quantitative estimate of drug-likeness (QED) is 0.173. The van der Waals surface area contributed by atoms with E-state index in [1.807, 2.05) is 86.6 Å². The molecule has 0 amide bonds. The summed E-state index contributed by atoms with van der Waals surface area (Å²) in [6.45, 7) is 9.69.